The Kier molecular flexibility index (Phi) is 7.69. The second-order valence-electron chi connectivity index (χ2n) is 4.84. The largest absolute Gasteiger partial charge is 0.379 e. The number of imidazole rings is 1. The summed E-state index contributed by atoms with van der Waals surface area (Å²) in [5.74, 6) is 1.13. The van der Waals surface area contributed by atoms with Gasteiger partial charge in [-0.3, -0.25) is 0 Å². The zero-order chi connectivity index (χ0) is 13.2. The van der Waals surface area contributed by atoms with Crippen molar-refractivity contribution in [3.05, 3.63) is 18.2 Å². The molecule has 0 aliphatic rings. The summed E-state index contributed by atoms with van der Waals surface area (Å²) >= 11 is 0. The van der Waals surface area contributed by atoms with Crippen molar-refractivity contribution in [3.8, 4) is 0 Å². The van der Waals surface area contributed by atoms with E-state index in [1.165, 1.54) is 0 Å². The van der Waals surface area contributed by atoms with Gasteiger partial charge >= 0.3 is 0 Å². The van der Waals surface area contributed by atoms with Crippen molar-refractivity contribution in [2.45, 2.75) is 59.2 Å². The quantitative estimate of drug-likeness (QED) is 0.651. The highest BCUT2D eigenvalue weighted by atomic mass is 16.5. The smallest absolute Gasteiger partial charge is 0.122 e. The molecule has 0 aliphatic heterocycles. The Labute approximate surface area is 111 Å². The maximum Gasteiger partial charge on any atom is 0.122 e. The molecular formula is C14H27N3O. The lowest BCUT2D eigenvalue weighted by Crippen LogP contribution is -2.18. The highest BCUT2D eigenvalue weighted by Crippen LogP contribution is 1.99. The molecule has 0 fully saturated rings. The minimum absolute atomic E-state index is 0.347. The Morgan fingerprint density at radius 1 is 1.39 bits per heavy atom. The predicted molar refractivity (Wildman–Crippen MR) is 74.5 cm³/mol. The first kappa shape index (κ1) is 15.2. The number of aryl methyl sites for hydroxylation is 1. The van der Waals surface area contributed by atoms with Crippen molar-refractivity contribution in [2.75, 3.05) is 13.2 Å². The SMILES string of the molecule is CCCn1ccnc1CNCCCCOC(C)C. The molecule has 0 aliphatic carbocycles. The highest BCUT2D eigenvalue weighted by molar-refractivity contribution is 4.91. The van der Waals surface area contributed by atoms with Crippen LogP contribution in [0.1, 0.15) is 45.9 Å². The molecule has 1 N–H and O–H groups in total. The van der Waals surface area contributed by atoms with Crippen molar-refractivity contribution in [1.29, 1.82) is 0 Å². The molecule has 0 spiro atoms. The topological polar surface area (TPSA) is 39.1 Å². The summed E-state index contributed by atoms with van der Waals surface area (Å²) in [7, 11) is 0. The fraction of sp³-hybridized carbons (Fsp3) is 0.786. The maximum absolute atomic E-state index is 5.50. The van der Waals surface area contributed by atoms with Gasteiger partial charge in [-0.1, -0.05) is 6.92 Å². The summed E-state index contributed by atoms with van der Waals surface area (Å²) in [5, 5.41) is 3.44. The molecule has 0 radical (unpaired) electrons. The van der Waals surface area contributed by atoms with E-state index in [-0.39, 0.29) is 0 Å². The molecule has 18 heavy (non-hydrogen) atoms. The minimum Gasteiger partial charge on any atom is -0.379 e. The molecule has 1 heterocycles. The average Bonchev–Trinajstić information content (AvgIpc) is 2.76. The summed E-state index contributed by atoms with van der Waals surface area (Å²) in [6.07, 6.45) is 7.70. The van der Waals surface area contributed by atoms with Gasteiger partial charge in [0.2, 0.25) is 0 Å². The van der Waals surface area contributed by atoms with Gasteiger partial charge in [-0.05, 0) is 39.7 Å². The second-order valence-corrected chi connectivity index (χ2v) is 4.84. The average molecular weight is 253 g/mol. The summed E-state index contributed by atoms with van der Waals surface area (Å²) in [5.41, 5.74) is 0. The lowest BCUT2D eigenvalue weighted by Gasteiger charge is -2.09. The van der Waals surface area contributed by atoms with Gasteiger partial charge in [-0.2, -0.15) is 0 Å². The maximum atomic E-state index is 5.50. The molecule has 1 aromatic rings. The third-order valence-corrected chi connectivity index (χ3v) is 2.75. The number of ether oxygens (including phenoxy) is 1. The lowest BCUT2D eigenvalue weighted by atomic mass is 10.3. The number of nitrogens with one attached hydrogen (secondary N) is 1. The number of rotatable bonds is 10. The van der Waals surface area contributed by atoms with Crippen LogP contribution >= 0.6 is 0 Å². The predicted octanol–water partition coefficient (Wildman–Crippen LogP) is 2.59. The normalized spacial score (nSPS) is 11.3. The summed E-state index contributed by atoms with van der Waals surface area (Å²) in [6.45, 7) is 10.1. The van der Waals surface area contributed by atoms with E-state index in [1.807, 2.05) is 6.20 Å². The van der Waals surface area contributed by atoms with Gasteiger partial charge in [0.05, 0.1) is 12.6 Å². The van der Waals surface area contributed by atoms with Gasteiger partial charge < -0.3 is 14.6 Å². The first-order valence-electron chi connectivity index (χ1n) is 7.06. The van der Waals surface area contributed by atoms with E-state index in [2.05, 4.69) is 41.8 Å². The van der Waals surface area contributed by atoms with Crippen LogP contribution in [-0.2, 0) is 17.8 Å². The van der Waals surface area contributed by atoms with E-state index < -0.39 is 0 Å². The van der Waals surface area contributed by atoms with E-state index in [9.17, 15) is 0 Å². The van der Waals surface area contributed by atoms with Crippen molar-refractivity contribution < 1.29 is 4.74 Å². The third kappa shape index (κ3) is 6.17. The molecule has 1 aromatic heterocycles. The van der Waals surface area contributed by atoms with E-state index >= 15 is 0 Å². The van der Waals surface area contributed by atoms with Crippen LogP contribution in [0.3, 0.4) is 0 Å². The molecule has 104 valence electrons. The zero-order valence-corrected chi connectivity index (χ0v) is 12.0. The third-order valence-electron chi connectivity index (χ3n) is 2.75. The van der Waals surface area contributed by atoms with E-state index in [0.29, 0.717) is 6.10 Å². The van der Waals surface area contributed by atoms with E-state index in [4.69, 9.17) is 4.74 Å². The molecule has 0 aromatic carbocycles. The Morgan fingerprint density at radius 2 is 2.22 bits per heavy atom. The molecular weight excluding hydrogens is 226 g/mol. The van der Waals surface area contributed by atoms with E-state index in [1.54, 1.807) is 0 Å². The number of hydrogen-bond acceptors (Lipinski definition) is 3. The van der Waals surface area contributed by atoms with Crippen molar-refractivity contribution in [2.24, 2.45) is 0 Å². The summed E-state index contributed by atoms with van der Waals surface area (Å²) in [4.78, 5) is 4.37. The molecule has 1 rings (SSSR count). The lowest BCUT2D eigenvalue weighted by molar-refractivity contribution is 0.0760. The standard InChI is InChI=1S/C14H27N3O/c1-4-9-17-10-8-16-14(17)12-15-7-5-6-11-18-13(2)3/h8,10,13,15H,4-7,9,11-12H2,1-3H3. The van der Waals surface area contributed by atoms with Gasteiger partial charge in [0.15, 0.2) is 0 Å². The molecule has 0 saturated carbocycles. The van der Waals surface area contributed by atoms with Crippen LogP contribution < -0.4 is 5.32 Å². The number of aromatic nitrogens is 2. The van der Waals surface area contributed by atoms with Crippen LogP contribution in [-0.4, -0.2) is 28.8 Å². The molecule has 0 bridgehead atoms. The van der Waals surface area contributed by atoms with Crippen LogP contribution in [0.5, 0.6) is 0 Å². The minimum atomic E-state index is 0.347. The second kappa shape index (κ2) is 9.11. The first-order valence-corrected chi connectivity index (χ1v) is 7.06. The Hall–Kier alpha value is -0.870. The molecule has 0 atom stereocenters. The van der Waals surface area contributed by atoms with Crippen molar-refractivity contribution in [3.63, 3.8) is 0 Å². The van der Waals surface area contributed by atoms with Gasteiger partial charge in [0.1, 0.15) is 5.82 Å². The van der Waals surface area contributed by atoms with Crippen LogP contribution in [0.15, 0.2) is 12.4 Å². The fourth-order valence-electron chi connectivity index (χ4n) is 1.82. The number of nitrogens with zero attached hydrogens (tertiary/aromatic N) is 2. The summed E-state index contributed by atoms with van der Waals surface area (Å²) in [6, 6.07) is 0. The van der Waals surface area contributed by atoms with Crippen LogP contribution in [0.4, 0.5) is 0 Å². The Bertz CT molecular complexity index is 310. The molecule has 4 heteroatoms. The highest BCUT2D eigenvalue weighted by Gasteiger charge is 2.00. The number of unbranched alkanes of at least 4 members (excludes halogenated alkanes) is 1. The molecule has 0 saturated heterocycles. The zero-order valence-electron chi connectivity index (χ0n) is 12.0. The molecule has 0 unspecified atom stereocenters. The van der Waals surface area contributed by atoms with Gasteiger partial charge in [-0.25, -0.2) is 4.98 Å². The fourth-order valence-corrected chi connectivity index (χ4v) is 1.82. The Balaban J connectivity index is 2.05. The van der Waals surface area contributed by atoms with Crippen molar-refractivity contribution >= 4 is 0 Å². The van der Waals surface area contributed by atoms with Crippen LogP contribution in [0.2, 0.25) is 0 Å². The molecule has 4 nitrogen and oxygen atoms in total. The molecule has 0 amide bonds. The number of hydrogen-bond donors (Lipinski definition) is 1. The monoisotopic (exact) mass is 253 g/mol. The van der Waals surface area contributed by atoms with Gasteiger partial charge in [-0.15, -0.1) is 0 Å². The first-order chi connectivity index (χ1) is 8.74. The van der Waals surface area contributed by atoms with Gasteiger partial charge in [0.25, 0.3) is 0 Å². The van der Waals surface area contributed by atoms with Crippen molar-refractivity contribution in [1.82, 2.24) is 14.9 Å². The van der Waals surface area contributed by atoms with Crippen LogP contribution in [0, 0.1) is 0 Å². The summed E-state index contributed by atoms with van der Waals surface area (Å²) < 4.78 is 7.72. The van der Waals surface area contributed by atoms with Gasteiger partial charge in [0, 0.05) is 25.5 Å². The Morgan fingerprint density at radius 3 is 2.94 bits per heavy atom. The van der Waals surface area contributed by atoms with E-state index in [0.717, 1.165) is 51.3 Å². The van der Waals surface area contributed by atoms with Crippen LogP contribution in [0.25, 0.3) is 0 Å².